The average Bonchev–Trinajstić information content (AvgIpc) is 3.22. The Labute approximate surface area is 301 Å². The highest BCUT2D eigenvalue weighted by Gasteiger charge is 2.18. The first-order chi connectivity index (χ1) is 25.8. The molecule has 0 fully saturated rings. The minimum absolute atomic E-state index is 1.24. The summed E-state index contributed by atoms with van der Waals surface area (Å²) in [7, 11) is 0. The average molecular weight is 657 g/mol. The highest BCUT2D eigenvalue weighted by Crippen LogP contribution is 2.45. The molecular formula is C52H32. The molecule has 0 spiro atoms. The molecule has 0 N–H and O–H groups in total. The van der Waals surface area contributed by atoms with Crippen molar-refractivity contribution in [3.8, 4) is 33.4 Å². The molecule has 0 aromatic heterocycles. The third-order valence-electron chi connectivity index (χ3n) is 11.2. The van der Waals surface area contributed by atoms with Gasteiger partial charge < -0.3 is 0 Å². The molecule has 0 bridgehead atoms. The molecule has 0 aliphatic carbocycles. The normalized spacial score (nSPS) is 11.8. The molecule has 52 heavy (non-hydrogen) atoms. The van der Waals surface area contributed by atoms with Gasteiger partial charge in [0.2, 0.25) is 0 Å². The number of hydrogen-bond donors (Lipinski definition) is 0. The fourth-order valence-corrected chi connectivity index (χ4v) is 8.78. The summed E-state index contributed by atoms with van der Waals surface area (Å²) in [6.45, 7) is 0. The second-order valence-corrected chi connectivity index (χ2v) is 14.0. The van der Waals surface area contributed by atoms with Gasteiger partial charge in [0, 0.05) is 0 Å². The molecule has 0 heteroatoms. The standard InChI is InChI=1S/C52H32/c1-3-13-41-33(11-1)21-24-37-31-40(27-28-43(37)41)52-48-19-9-7-17-46(48)51(47-18-8-10-20-49(47)52)39-26-23-34-29-38(25-22-35(34)30-39)50-32-36-12-2-4-14-42(36)44-15-5-6-16-45(44)50/h1-32H. The number of benzene rings is 11. The summed E-state index contributed by atoms with van der Waals surface area (Å²) in [5.74, 6) is 0. The maximum Gasteiger partial charge on any atom is -0.00262 e. The van der Waals surface area contributed by atoms with Crippen molar-refractivity contribution in [3.63, 3.8) is 0 Å². The number of rotatable bonds is 3. The molecule has 0 amide bonds. The van der Waals surface area contributed by atoms with Gasteiger partial charge in [-0.25, -0.2) is 0 Å². The Kier molecular flexibility index (Phi) is 6.35. The van der Waals surface area contributed by atoms with Crippen LogP contribution < -0.4 is 0 Å². The molecule has 0 aliphatic heterocycles. The summed E-state index contributed by atoms with van der Waals surface area (Å²) in [5, 5.41) is 17.9. The van der Waals surface area contributed by atoms with E-state index in [0.29, 0.717) is 0 Å². The summed E-state index contributed by atoms with van der Waals surface area (Å²) in [4.78, 5) is 0. The van der Waals surface area contributed by atoms with Gasteiger partial charge in [0.25, 0.3) is 0 Å². The maximum atomic E-state index is 2.38. The van der Waals surface area contributed by atoms with Gasteiger partial charge >= 0.3 is 0 Å². The molecule has 0 saturated heterocycles. The largest absolute Gasteiger partial charge is 0.0616 e. The van der Waals surface area contributed by atoms with Crippen LogP contribution in [0.1, 0.15) is 0 Å². The molecule has 0 aliphatic rings. The summed E-state index contributed by atoms with van der Waals surface area (Å²) >= 11 is 0. The van der Waals surface area contributed by atoms with E-state index in [-0.39, 0.29) is 0 Å². The highest BCUT2D eigenvalue weighted by molar-refractivity contribution is 6.22. The number of hydrogen-bond acceptors (Lipinski definition) is 0. The predicted octanol–water partition coefficient (Wildman–Crippen LogP) is 14.8. The van der Waals surface area contributed by atoms with Crippen LogP contribution in [-0.2, 0) is 0 Å². The Morgan fingerprint density at radius 3 is 1.19 bits per heavy atom. The molecule has 0 atom stereocenters. The van der Waals surface area contributed by atoms with Crippen LogP contribution in [-0.4, -0.2) is 0 Å². The third kappa shape index (κ3) is 4.41. The Morgan fingerprint density at radius 1 is 0.192 bits per heavy atom. The topological polar surface area (TPSA) is 0 Å². The zero-order valence-electron chi connectivity index (χ0n) is 28.5. The summed E-state index contributed by atoms with van der Waals surface area (Å²) < 4.78 is 0. The molecular weight excluding hydrogens is 625 g/mol. The molecule has 11 aromatic carbocycles. The van der Waals surface area contributed by atoms with E-state index >= 15 is 0 Å². The van der Waals surface area contributed by atoms with Crippen molar-refractivity contribution in [3.05, 3.63) is 194 Å². The van der Waals surface area contributed by atoms with Crippen LogP contribution >= 0.6 is 0 Å². The third-order valence-corrected chi connectivity index (χ3v) is 11.2. The first kappa shape index (κ1) is 29.0. The van der Waals surface area contributed by atoms with Crippen LogP contribution in [0.2, 0.25) is 0 Å². The minimum atomic E-state index is 1.24. The van der Waals surface area contributed by atoms with Crippen LogP contribution in [0, 0.1) is 0 Å². The van der Waals surface area contributed by atoms with Gasteiger partial charge in [-0.1, -0.05) is 170 Å². The first-order valence-corrected chi connectivity index (χ1v) is 18.1. The van der Waals surface area contributed by atoms with Gasteiger partial charge in [-0.2, -0.15) is 0 Å². The van der Waals surface area contributed by atoms with Crippen molar-refractivity contribution in [2.75, 3.05) is 0 Å². The smallest absolute Gasteiger partial charge is 0.00262 e. The molecule has 11 aromatic rings. The van der Waals surface area contributed by atoms with E-state index in [9.17, 15) is 0 Å². The lowest BCUT2D eigenvalue weighted by atomic mass is 9.85. The van der Waals surface area contributed by atoms with Crippen molar-refractivity contribution in [1.82, 2.24) is 0 Å². The summed E-state index contributed by atoms with van der Waals surface area (Å²) in [5.41, 5.74) is 7.57. The van der Waals surface area contributed by atoms with E-state index in [1.165, 1.54) is 109 Å². The molecule has 0 saturated carbocycles. The van der Waals surface area contributed by atoms with E-state index in [0.717, 1.165) is 0 Å². The lowest BCUT2D eigenvalue weighted by Gasteiger charge is -2.18. The fraction of sp³-hybridized carbons (Fsp3) is 0. The summed E-state index contributed by atoms with van der Waals surface area (Å²) in [6, 6.07) is 71.9. The minimum Gasteiger partial charge on any atom is -0.0616 e. The predicted molar refractivity (Wildman–Crippen MR) is 225 cm³/mol. The SMILES string of the molecule is c1ccc2c(c1)ccc1cc(-c3c4ccccc4c(-c4ccc5cc(-c6cc7ccccc7c7ccccc67)ccc5c4)c4ccccc34)ccc12. The molecule has 0 radical (unpaired) electrons. The van der Waals surface area contributed by atoms with Crippen LogP contribution in [0.15, 0.2) is 194 Å². The van der Waals surface area contributed by atoms with E-state index in [1.807, 2.05) is 0 Å². The van der Waals surface area contributed by atoms with Crippen LogP contribution in [0.3, 0.4) is 0 Å². The second-order valence-electron chi connectivity index (χ2n) is 14.0. The Balaban J connectivity index is 1.09. The Bertz CT molecular complexity index is 3180. The molecule has 0 unspecified atom stereocenters. The van der Waals surface area contributed by atoms with Crippen LogP contribution in [0.25, 0.3) is 109 Å². The van der Waals surface area contributed by atoms with E-state index in [2.05, 4.69) is 194 Å². The first-order valence-electron chi connectivity index (χ1n) is 18.1. The zero-order valence-corrected chi connectivity index (χ0v) is 28.5. The van der Waals surface area contributed by atoms with Crippen molar-refractivity contribution < 1.29 is 0 Å². The van der Waals surface area contributed by atoms with Gasteiger partial charge in [-0.05, 0) is 133 Å². The van der Waals surface area contributed by atoms with Crippen LogP contribution in [0.5, 0.6) is 0 Å². The monoisotopic (exact) mass is 656 g/mol. The maximum absolute atomic E-state index is 2.38. The Morgan fingerprint density at radius 2 is 0.558 bits per heavy atom. The van der Waals surface area contributed by atoms with Gasteiger partial charge in [0.15, 0.2) is 0 Å². The van der Waals surface area contributed by atoms with Gasteiger partial charge in [-0.15, -0.1) is 0 Å². The molecule has 0 heterocycles. The van der Waals surface area contributed by atoms with Gasteiger partial charge in [0.05, 0.1) is 0 Å². The van der Waals surface area contributed by atoms with Crippen molar-refractivity contribution in [2.24, 2.45) is 0 Å². The van der Waals surface area contributed by atoms with Crippen molar-refractivity contribution >= 4 is 75.4 Å². The Hall–Kier alpha value is -6.76. The lowest BCUT2D eigenvalue weighted by molar-refractivity contribution is 1.67. The van der Waals surface area contributed by atoms with E-state index in [4.69, 9.17) is 0 Å². The summed E-state index contributed by atoms with van der Waals surface area (Å²) in [6.07, 6.45) is 0. The molecule has 240 valence electrons. The van der Waals surface area contributed by atoms with E-state index in [1.54, 1.807) is 0 Å². The highest BCUT2D eigenvalue weighted by atomic mass is 14.2. The number of fused-ring (bicyclic) bond motifs is 9. The van der Waals surface area contributed by atoms with Gasteiger partial charge in [0.1, 0.15) is 0 Å². The zero-order chi connectivity index (χ0) is 34.2. The second kappa shape index (κ2) is 11.4. The van der Waals surface area contributed by atoms with E-state index < -0.39 is 0 Å². The van der Waals surface area contributed by atoms with Crippen molar-refractivity contribution in [2.45, 2.75) is 0 Å². The molecule has 11 rings (SSSR count). The van der Waals surface area contributed by atoms with Crippen LogP contribution in [0.4, 0.5) is 0 Å². The van der Waals surface area contributed by atoms with Crippen molar-refractivity contribution in [1.29, 1.82) is 0 Å². The molecule has 0 nitrogen and oxygen atoms in total. The van der Waals surface area contributed by atoms with Gasteiger partial charge in [-0.3, -0.25) is 0 Å². The fourth-order valence-electron chi connectivity index (χ4n) is 8.78. The quantitative estimate of drug-likeness (QED) is 0.131. The lowest BCUT2D eigenvalue weighted by Crippen LogP contribution is -1.91.